The van der Waals surface area contributed by atoms with Gasteiger partial charge in [0.15, 0.2) is 0 Å². The Kier molecular flexibility index (Phi) is 4.62. The van der Waals surface area contributed by atoms with Crippen LogP contribution in [0.4, 0.5) is 11.4 Å². The molecule has 2 aromatic carbocycles. The van der Waals surface area contributed by atoms with Crippen LogP contribution in [0.15, 0.2) is 68.8 Å². The van der Waals surface area contributed by atoms with Crippen LogP contribution in [0.3, 0.4) is 0 Å². The molecule has 0 unspecified atom stereocenters. The number of amides is 1. The Balaban J connectivity index is 1.67. The molecule has 0 aliphatic carbocycles. The second-order valence-electron chi connectivity index (χ2n) is 5.90. The van der Waals surface area contributed by atoms with Crippen LogP contribution >= 0.6 is 11.8 Å². The maximum absolute atomic E-state index is 12.3. The van der Waals surface area contributed by atoms with Crippen LogP contribution in [-0.4, -0.2) is 17.9 Å². The van der Waals surface area contributed by atoms with Crippen molar-refractivity contribution in [2.75, 3.05) is 12.4 Å². The van der Waals surface area contributed by atoms with Gasteiger partial charge in [-0.25, -0.2) is 0 Å². The number of nitro benzene ring substituents is 1. The number of methoxy groups -OCH3 is 1. The molecule has 0 saturated carbocycles. The van der Waals surface area contributed by atoms with Crippen molar-refractivity contribution in [1.82, 2.24) is 0 Å². The Hall–Kier alpha value is -3.52. The van der Waals surface area contributed by atoms with Crippen LogP contribution in [0.25, 0.3) is 17.4 Å². The van der Waals surface area contributed by atoms with E-state index in [9.17, 15) is 14.9 Å². The van der Waals surface area contributed by atoms with Gasteiger partial charge in [0.05, 0.1) is 34.3 Å². The number of thioether (sulfide) groups is 1. The van der Waals surface area contributed by atoms with Crippen molar-refractivity contribution < 1.29 is 18.9 Å². The summed E-state index contributed by atoms with van der Waals surface area (Å²) < 4.78 is 10.8. The van der Waals surface area contributed by atoms with E-state index in [-0.39, 0.29) is 11.6 Å². The summed E-state index contributed by atoms with van der Waals surface area (Å²) in [6.07, 6.45) is 1.62. The Morgan fingerprint density at radius 1 is 1.18 bits per heavy atom. The molecular weight excluding hydrogens is 380 g/mol. The van der Waals surface area contributed by atoms with Gasteiger partial charge in [-0.1, -0.05) is 23.9 Å². The lowest BCUT2D eigenvalue weighted by Crippen LogP contribution is -2.16. The van der Waals surface area contributed by atoms with Gasteiger partial charge in [-0.3, -0.25) is 14.9 Å². The minimum absolute atomic E-state index is 0.119. The third-order valence-corrected chi connectivity index (χ3v) is 5.25. The predicted octanol–water partition coefficient (Wildman–Crippen LogP) is 4.95. The Bertz CT molecular complexity index is 1120. The zero-order chi connectivity index (χ0) is 19.7. The predicted molar refractivity (Wildman–Crippen MR) is 106 cm³/mol. The fourth-order valence-corrected chi connectivity index (χ4v) is 3.74. The van der Waals surface area contributed by atoms with Gasteiger partial charge in [0.2, 0.25) is 0 Å². The van der Waals surface area contributed by atoms with E-state index in [2.05, 4.69) is 5.32 Å². The summed E-state index contributed by atoms with van der Waals surface area (Å²) in [7, 11) is 1.45. The lowest BCUT2D eigenvalue weighted by atomic mass is 10.1. The molecule has 7 nitrogen and oxygen atoms in total. The molecular formula is C20H14N2O5S. The number of rotatable bonds is 4. The maximum atomic E-state index is 12.3. The first kappa shape index (κ1) is 17.9. The van der Waals surface area contributed by atoms with Crippen molar-refractivity contribution in [2.24, 2.45) is 0 Å². The van der Waals surface area contributed by atoms with Crippen LogP contribution in [0.1, 0.15) is 5.76 Å². The lowest BCUT2D eigenvalue weighted by Gasteiger charge is -2.17. The molecule has 0 saturated heterocycles. The fraction of sp³-hybridized carbons (Fsp3) is 0.0500. The van der Waals surface area contributed by atoms with E-state index in [1.165, 1.54) is 24.9 Å². The number of ether oxygens (including phenoxy) is 1. The summed E-state index contributed by atoms with van der Waals surface area (Å²) in [6, 6.07) is 15.4. The smallest absolute Gasteiger partial charge is 0.284 e. The molecule has 4 rings (SSSR count). The number of carbonyl (C=O) groups is 1. The third kappa shape index (κ3) is 3.37. The number of nitro groups is 1. The molecule has 1 amide bonds. The van der Waals surface area contributed by atoms with Gasteiger partial charge in [0, 0.05) is 11.0 Å². The molecule has 8 heteroatoms. The largest absolute Gasteiger partial charge is 0.497 e. The van der Waals surface area contributed by atoms with E-state index in [1.807, 2.05) is 24.3 Å². The number of fused-ring (bicyclic) bond motifs is 1. The molecule has 2 heterocycles. The molecule has 0 fully saturated rings. The Morgan fingerprint density at radius 2 is 2.00 bits per heavy atom. The van der Waals surface area contributed by atoms with Crippen molar-refractivity contribution in [1.29, 1.82) is 0 Å². The monoisotopic (exact) mass is 394 g/mol. The summed E-state index contributed by atoms with van der Waals surface area (Å²) in [5.41, 5.74) is 0.983. The number of anilines is 1. The van der Waals surface area contributed by atoms with Gasteiger partial charge in [-0.05, 0) is 36.4 Å². The first-order chi connectivity index (χ1) is 13.5. The number of carbonyl (C=O) groups excluding carboxylic acids is 1. The van der Waals surface area contributed by atoms with Crippen molar-refractivity contribution in [2.45, 2.75) is 4.90 Å². The van der Waals surface area contributed by atoms with E-state index >= 15 is 0 Å². The average molecular weight is 394 g/mol. The number of nitrogens with zero attached hydrogens (tertiary/aromatic N) is 1. The Morgan fingerprint density at radius 3 is 2.79 bits per heavy atom. The second-order valence-corrected chi connectivity index (χ2v) is 6.99. The molecule has 1 aliphatic heterocycles. The highest BCUT2D eigenvalue weighted by molar-refractivity contribution is 8.04. The zero-order valence-electron chi connectivity index (χ0n) is 14.7. The SMILES string of the molecule is COc1ccc(-c2ccc(/C=C3\Sc4ccccc4NC3=O)o2)c([N+](=O)[O-])c1. The van der Waals surface area contributed by atoms with Crippen LogP contribution < -0.4 is 10.1 Å². The van der Waals surface area contributed by atoms with E-state index in [0.717, 1.165) is 10.6 Å². The molecule has 0 atom stereocenters. The molecule has 1 N–H and O–H groups in total. The quantitative estimate of drug-likeness (QED) is 0.382. The van der Waals surface area contributed by atoms with E-state index in [0.29, 0.717) is 27.7 Å². The van der Waals surface area contributed by atoms with E-state index in [1.54, 1.807) is 30.3 Å². The van der Waals surface area contributed by atoms with Gasteiger partial charge in [-0.15, -0.1) is 0 Å². The van der Waals surface area contributed by atoms with Gasteiger partial charge < -0.3 is 14.5 Å². The van der Waals surface area contributed by atoms with Crippen molar-refractivity contribution in [3.05, 3.63) is 75.4 Å². The van der Waals surface area contributed by atoms with Crippen LogP contribution in [-0.2, 0) is 4.79 Å². The van der Waals surface area contributed by atoms with Crippen LogP contribution in [0, 0.1) is 10.1 Å². The number of hydrogen-bond donors (Lipinski definition) is 1. The van der Waals surface area contributed by atoms with Crippen molar-refractivity contribution in [3.63, 3.8) is 0 Å². The van der Waals surface area contributed by atoms with Gasteiger partial charge in [-0.2, -0.15) is 0 Å². The molecule has 28 heavy (non-hydrogen) atoms. The second kappa shape index (κ2) is 7.24. The number of benzene rings is 2. The summed E-state index contributed by atoms with van der Waals surface area (Å²) >= 11 is 1.34. The molecule has 1 aromatic heterocycles. The normalized spacial score (nSPS) is 14.5. The highest BCUT2D eigenvalue weighted by Gasteiger charge is 2.22. The van der Waals surface area contributed by atoms with Crippen LogP contribution in [0.5, 0.6) is 5.75 Å². The summed E-state index contributed by atoms with van der Waals surface area (Å²) in [5.74, 6) is 0.926. The van der Waals surface area contributed by atoms with Crippen molar-refractivity contribution >= 4 is 35.1 Å². The molecule has 1 aliphatic rings. The van der Waals surface area contributed by atoms with Crippen LogP contribution in [0.2, 0.25) is 0 Å². The fourth-order valence-electron chi connectivity index (χ4n) is 2.80. The standard InChI is InChI=1S/C20H14N2O5S/c1-26-12-6-8-14(16(10-12)22(24)25)17-9-7-13(27-17)11-19-20(23)21-15-4-2-3-5-18(15)28-19/h2-11H,1H3,(H,21,23)/b19-11-. The Labute approximate surface area is 164 Å². The lowest BCUT2D eigenvalue weighted by molar-refractivity contribution is -0.384. The molecule has 140 valence electrons. The maximum Gasteiger partial charge on any atom is 0.284 e. The number of nitrogens with one attached hydrogen (secondary N) is 1. The molecule has 3 aromatic rings. The minimum Gasteiger partial charge on any atom is -0.497 e. The van der Waals surface area contributed by atoms with E-state index < -0.39 is 4.92 Å². The number of furan rings is 1. The topological polar surface area (TPSA) is 94.6 Å². The number of hydrogen-bond acceptors (Lipinski definition) is 6. The minimum atomic E-state index is -0.486. The molecule has 0 radical (unpaired) electrons. The first-order valence-electron chi connectivity index (χ1n) is 8.28. The molecule has 0 spiro atoms. The number of para-hydroxylation sites is 1. The highest BCUT2D eigenvalue weighted by atomic mass is 32.2. The average Bonchev–Trinajstić information content (AvgIpc) is 3.16. The molecule has 0 bridgehead atoms. The third-order valence-electron chi connectivity index (χ3n) is 4.15. The van der Waals surface area contributed by atoms with E-state index in [4.69, 9.17) is 9.15 Å². The highest BCUT2D eigenvalue weighted by Crippen LogP contribution is 2.39. The van der Waals surface area contributed by atoms with Gasteiger partial charge >= 0.3 is 0 Å². The summed E-state index contributed by atoms with van der Waals surface area (Å²) in [4.78, 5) is 24.6. The van der Waals surface area contributed by atoms with Gasteiger partial charge in [0.1, 0.15) is 17.3 Å². The van der Waals surface area contributed by atoms with Crippen molar-refractivity contribution in [3.8, 4) is 17.1 Å². The zero-order valence-corrected chi connectivity index (χ0v) is 15.5. The van der Waals surface area contributed by atoms with Gasteiger partial charge in [0.25, 0.3) is 11.6 Å². The first-order valence-corrected chi connectivity index (χ1v) is 9.09. The summed E-state index contributed by atoms with van der Waals surface area (Å²) in [6.45, 7) is 0. The summed E-state index contributed by atoms with van der Waals surface area (Å²) in [5, 5.41) is 14.2.